The van der Waals surface area contributed by atoms with Crippen LogP contribution in [0.2, 0.25) is 0 Å². The van der Waals surface area contributed by atoms with E-state index in [0.717, 1.165) is 27.4 Å². The van der Waals surface area contributed by atoms with Gasteiger partial charge in [-0.3, -0.25) is 9.59 Å². The van der Waals surface area contributed by atoms with Crippen molar-refractivity contribution in [2.45, 2.75) is 23.6 Å². The maximum atomic E-state index is 12.4. The molecule has 0 saturated carbocycles. The third-order valence-electron chi connectivity index (χ3n) is 4.64. The molecule has 0 aliphatic heterocycles. The summed E-state index contributed by atoms with van der Waals surface area (Å²) < 4.78 is 1.98. The zero-order valence-corrected chi connectivity index (χ0v) is 17.4. The summed E-state index contributed by atoms with van der Waals surface area (Å²) >= 11 is 3.00. The molecule has 7 heteroatoms. The first-order valence-corrected chi connectivity index (χ1v) is 11.3. The van der Waals surface area contributed by atoms with Crippen LogP contribution in [-0.4, -0.2) is 22.6 Å². The smallest absolute Gasteiger partial charge is 0.234 e. The van der Waals surface area contributed by atoms with Gasteiger partial charge < -0.3 is 10.6 Å². The fourth-order valence-electron chi connectivity index (χ4n) is 3.23. The Labute approximate surface area is 177 Å². The highest BCUT2D eigenvalue weighted by Crippen LogP contribution is 2.30. The molecule has 29 heavy (non-hydrogen) atoms. The molecule has 1 heterocycles. The number of nitrogens with one attached hydrogen (secondary N) is 2. The fraction of sp³-hybridized carbons (Fsp3) is 0.227. The van der Waals surface area contributed by atoms with Gasteiger partial charge in [-0.2, -0.15) is 0 Å². The monoisotopic (exact) mass is 423 g/mol. The standard InChI is InChI=1S/C22H21N3O2S2/c26-20(13-15-7-1-2-8-15)23-16-9-3-4-10-17(16)24-21(27)14-28-22-25-18-11-5-6-12-19(18)29-22/h1,3-7,9-12,15H,2,8,13-14H2,(H,23,26)(H,24,27). The molecule has 5 nitrogen and oxygen atoms in total. The van der Waals surface area contributed by atoms with Crippen molar-refractivity contribution in [2.75, 3.05) is 16.4 Å². The largest absolute Gasteiger partial charge is 0.324 e. The summed E-state index contributed by atoms with van der Waals surface area (Å²) in [4.78, 5) is 29.3. The zero-order valence-electron chi connectivity index (χ0n) is 15.8. The van der Waals surface area contributed by atoms with Crippen molar-refractivity contribution in [3.8, 4) is 0 Å². The molecule has 2 aromatic carbocycles. The Morgan fingerprint density at radius 3 is 2.48 bits per heavy atom. The second-order valence-electron chi connectivity index (χ2n) is 6.85. The number of carbonyl (C=O) groups is 2. The molecule has 1 aromatic heterocycles. The molecule has 4 rings (SSSR count). The van der Waals surface area contributed by atoms with Gasteiger partial charge in [-0.1, -0.05) is 48.2 Å². The predicted octanol–water partition coefficient (Wildman–Crippen LogP) is 5.32. The number of fused-ring (bicyclic) bond motifs is 1. The summed E-state index contributed by atoms with van der Waals surface area (Å²) in [5.41, 5.74) is 2.18. The molecule has 0 spiro atoms. The maximum Gasteiger partial charge on any atom is 0.234 e. The van der Waals surface area contributed by atoms with Crippen molar-refractivity contribution in [3.63, 3.8) is 0 Å². The topological polar surface area (TPSA) is 71.1 Å². The van der Waals surface area contributed by atoms with E-state index in [1.54, 1.807) is 23.5 Å². The first kappa shape index (κ1) is 19.7. The molecule has 0 bridgehead atoms. The van der Waals surface area contributed by atoms with Gasteiger partial charge in [0.15, 0.2) is 4.34 Å². The number of rotatable bonds is 7. The Morgan fingerprint density at radius 2 is 1.76 bits per heavy atom. The number of thiazole rings is 1. The Bertz CT molecular complexity index is 1030. The Kier molecular flexibility index (Phi) is 6.27. The molecule has 1 aliphatic rings. The zero-order chi connectivity index (χ0) is 20.1. The van der Waals surface area contributed by atoms with Gasteiger partial charge in [0.25, 0.3) is 0 Å². The van der Waals surface area contributed by atoms with Gasteiger partial charge in [0.1, 0.15) is 0 Å². The summed E-state index contributed by atoms with van der Waals surface area (Å²) in [5.74, 6) is 0.401. The summed E-state index contributed by atoms with van der Waals surface area (Å²) in [5, 5.41) is 5.83. The number of benzene rings is 2. The average Bonchev–Trinajstić information content (AvgIpc) is 3.37. The van der Waals surface area contributed by atoms with E-state index < -0.39 is 0 Å². The second kappa shape index (κ2) is 9.24. The van der Waals surface area contributed by atoms with Gasteiger partial charge in [-0.25, -0.2) is 4.98 Å². The number of nitrogens with zero attached hydrogens (tertiary/aromatic N) is 1. The van der Waals surface area contributed by atoms with E-state index in [-0.39, 0.29) is 17.6 Å². The number of aromatic nitrogens is 1. The molecular formula is C22H21N3O2S2. The Morgan fingerprint density at radius 1 is 1.03 bits per heavy atom. The third-order valence-corrected chi connectivity index (χ3v) is 6.82. The minimum atomic E-state index is -0.130. The van der Waals surface area contributed by atoms with Gasteiger partial charge in [-0.05, 0) is 43.0 Å². The highest BCUT2D eigenvalue weighted by molar-refractivity contribution is 8.01. The number of para-hydroxylation sites is 3. The van der Waals surface area contributed by atoms with Crippen LogP contribution in [0.3, 0.4) is 0 Å². The molecule has 2 amide bonds. The molecule has 1 aliphatic carbocycles. The van der Waals surface area contributed by atoms with E-state index in [1.807, 2.05) is 36.4 Å². The highest BCUT2D eigenvalue weighted by Gasteiger charge is 2.16. The third kappa shape index (κ3) is 5.25. The molecule has 3 aromatic rings. The first-order valence-electron chi connectivity index (χ1n) is 9.51. The summed E-state index contributed by atoms with van der Waals surface area (Å²) in [7, 11) is 0. The molecule has 0 radical (unpaired) electrons. The lowest BCUT2D eigenvalue weighted by molar-refractivity contribution is -0.117. The first-order chi connectivity index (χ1) is 14.2. The maximum absolute atomic E-state index is 12.4. The molecule has 1 unspecified atom stereocenters. The van der Waals surface area contributed by atoms with Crippen molar-refractivity contribution in [3.05, 3.63) is 60.7 Å². The van der Waals surface area contributed by atoms with E-state index in [2.05, 4.69) is 27.8 Å². The van der Waals surface area contributed by atoms with Crippen LogP contribution in [-0.2, 0) is 9.59 Å². The lowest BCUT2D eigenvalue weighted by atomic mass is 10.0. The van der Waals surface area contributed by atoms with Crippen LogP contribution in [0.15, 0.2) is 65.0 Å². The van der Waals surface area contributed by atoms with Gasteiger partial charge >= 0.3 is 0 Å². The van der Waals surface area contributed by atoms with Crippen molar-refractivity contribution >= 4 is 56.5 Å². The quantitative estimate of drug-likeness (QED) is 0.398. The van der Waals surface area contributed by atoms with Crippen LogP contribution >= 0.6 is 23.1 Å². The van der Waals surface area contributed by atoms with Gasteiger partial charge in [0, 0.05) is 6.42 Å². The van der Waals surface area contributed by atoms with E-state index >= 15 is 0 Å². The molecule has 0 fully saturated rings. The van der Waals surface area contributed by atoms with Gasteiger partial charge in [0.05, 0.1) is 27.3 Å². The molecule has 2 N–H and O–H groups in total. The molecule has 1 atom stereocenters. The fourth-order valence-corrected chi connectivity index (χ4v) is 5.10. The number of allylic oxidation sites excluding steroid dienone is 2. The van der Waals surface area contributed by atoms with E-state index in [0.29, 0.717) is 23.7 Å². The van der Waals surface area contributed by atoms with Gasteiger partial charge in [0.2, 0.25) is 11.8 Å². The summed E-state index contributed by atoms with van der Waals surface area (Å²) in [6.45, 7) is 0. The van der Waals surface area contributed by atoms with Crippen LogP contribution in [0.25, 0.3) is 10.2 Å². The van der Waals surface area contributed by atoms with Crippen LogP contribution in [0.4, 0.5) is 11.4 Å². The van der Waals surface area contributed by atoms with Crippen molar-refractivity contribution in [1.29, 1.82) is 0 Å². The number of amides is 2. The van der Waals surface area contributed by atoms with Crippen LogP contribution in [0.1, 0.15) is 19.3 Å². The van der Waals surface area contributed by atoms with Crippen molar-refractivity contribution in [1.82, 2.24) is 4.98 Å². The summed E-state index contributed by atoms with van der Waals surface area (Å²) in [6.07, 6.45) is 6.75. The van der Waals surface area contributed by atoms with E-state index in [9.17, 15) is 9.59 Å². The number of thioether (sulfide) groups is 1. The molecular weight excluding hydrogens is 402 g/mol. The Balaban J connectivity index is 1.34. The average molecular weight is 424 g/mol. The highest BCUT2D eigenvalue weighted by atomic mass is 32.2. The second-order valence-corrected chi connectivity index (χ2v) is 9.10. The van der Waals surface area contributed by atoms with Crippen LogP contribution < -0.4 is 10.6 Å². The van der Waals surface area contributed by atoms with Crippen molar-refractivity contribution < 1.29 is 9.59 Å². The van der Waals surface area contributed by atoms with Crippen LogP contribution in [0.5, 0.6) is 0 Å². The number of carbonyl (C=O) groups excluding carboxylic acids is 2. The molecule has 148 valence electrons. The van der Waals surface area contributed by atoms with Crippen LogP contribution in [0, 0.1) is 5.92 Å². The lowest BCUT2D eigenvalue weighted by Gasteiger charge is -2.13. The SMILES string of the molecule is O=C(CSc1nc2ccccc2s1)Nc1ccccc1NC(=O)CC1C=CCC1. The lowest BCUT2D eigenvalue weighted by Crippen LogP contribution is -2.19. The number of anilines is 2. The van der Waals surface area contributed by atoms with E-state index in [1.165, 1.54) is 11.8 Å². The summed E-state index contributed by atoms with van der Waals surface area (Å²) in [6, 6.07) is 15.2. The normalized spacial score (nSPS) is 15.5. The van der Waals surface area contributed by atoms with E-state index in [4.69, 9.17) is 0 Å². The Hall–Kier alpha value is -2.64. The minimum absolute atomic E-state index is 0.0351. The minimum Gasteiger partial charge on any atom is -0.324 e. The predicted molar refractivity (Wildman–Crippen MR) is 121 cm³/mol. The van der Waals surface area contributed by atoms with Crippen molar-refractivity contribution in [2.24, 2.45) is 5.92 Å². The number of hydrogen-bond donors (Lipinski definition) is 2. The van der Waals surface area contributed by atoms with Gasteiger partial charge in [-0.15, -0.1) is 11.3 Å². The molecule has 0 saturated heterocycles. The number of hydrogen-bond acceptors (Lipinski definition) is 5.